The molecule has 0 radical (unpaired) electrons. The van der Waals surface area contributed by atoms with Crippen molar-refractivity contribution in [2.75, 3.05) is 24.5 Å². The van der Waals surface area contributed by atoms with Crippen molar-refractivity contribution in [1.29, 1.82) is 0 Å². The number of amides is 1. The van der Waals surface area contributed by atoms with Crippen LogP contribution in [0.5, 0.6) is 0 Å². The standard InChI is InChI=1S/C29H32FN3O3S/c30-25-11-15-27(16-12-25)37(35,36)33-19-5-8-28(33)29(34)31-21-22-6-4-7-24(20-22)23-9-13-26(14-10-23)32-17-2-1-3-18-32/h4,6-7,9-16,20,28H,1-3,5,8,17-19,21H2,(H,31,34). The summed E-state index contributed by atoms with van der Waals surface area (Å²) < 4.78 is 40.7. The van der Waals surface area contributed by atoms with Crippen molar-refractivity contribution in [1.82, 2.24) is 9.62 Å². The molecule has 3 aromatic rings. The minimum atomic E-state index is -3.88. The van der Waals surface area contributed by atoms with Crippen molar-refractivity contribution >= 4 is 21.6 Å². The zero-order valence-electron chi connectivity index (χ0n) is 20.8. The zero-order valence-corrected chi connectivity index (χ0v) is 21.6. The van der Waals surface area contributed by atoms with E-state index in [2.05, 4.69) is 46.6 Å². The van der Waals surface area contributed by atoms with Crippen LogP contribution >= 0.6 is 0 Å². The van der Waals surface area contributed by atoms with Crippen LogP contribution in [-0.2, 0) is 21.4 Å². The van der Waals surface area contributed by atoms with Crippen LogP contribution in [0.2, 0.25) is 0 Å². The largest absolute Gasteiger partial charge is 0.372 e. The number of sulfonamides is 1. The maximum absolute atomic E-state index is 13.3. The van der Waals surface area contributed by atoms with Gasteiger partial charge in [-0.25, -0.2) is 12.8 Å². The van der Waals surface area contributed by atoms with E-state index < -0.39 is 21.9 Å². The lowest BCUT2D eigenvalue weighted by Gasteiger charge is -2.28. The van der Waals surface area contributed by atoms with Gasteiger partial charge in [-0.1, -0.05) is 30.3 Å². The molecule has 1 N–H and O–H groups in total. The number of piperidine rings is 1. The molecule has 0 aliphatic carbocycles. The van der Waals surface area contributed by atoms with Gasteiger partial charge in [-0.3, -0.25) is 4.79 Å². The summed E-state index contributed by atoms with van der Waals surface area (Å²) in [4.78, 5) is 15.4. The van der Waals surface area contributed by atoms with Crippen molar-refractivity contribution in [3.63, 3.8) is 0 Å². The average Bonchev–Trinajstić information content (AvgIpc) is 3.44. The van der Waals surface area contributed by atoms with E-state index in [1.165, 1.54) is 41.4 Å². The summed E-state index contributed by atoms with van der Waals surface area (Å²) in [5.41, 5.74) is 4.38. The Labute approximate surface area is 218 Å². The lowest BCUT2D eigenvalue weighted by atomic mass is 10.0. The van der Waals surface area contributed by atoms with Crippen LogP contribution in [0, 0.1) is 5.82 Å². The molecule has 2 aliphatic heterocycles. The third-order valence-corrected chi connectivity index (χ3v) is 9.16. The first-order chi connectivity index (χ1) is 17.9. The number of rotatable bonds is 7. The van der Waals surface area contributed by atoms with Crippen LogP contribution in [0.1, 0.15) is 37.7 Å². The molecule has 0 spiro atoms. The molecule has 2 saturated heterocycles. The molecule has 1 unspecified atom stereocenters. The number of hydrogen-bond acceptors (Lipinski definition) is 4. The Kier molecular flexibility index (Phi) is 7.58. The van der Waals surface area contributed by atoms with Crippen LogP contribution in [0.3, 0.4) is 0 Å². The summed E-state index contributed by atoms with van der Waals surface area (Å²) in [7, 11) is -3.88. The fourth-order valence-electron chi connectivity index (χ4n) is 5.22. The fraction of sp³-hybridized carbons (Fsp3) is 0.345. The Morgan fingerprint density at radius 2 is 1.59 bits per heavy atom. The van der Waals surface area contributed by atoms with E-state index in [0.29, 0.717) is 19.4 Å². The van der Waals surface area contributed by atoms with E-state index in [1.54, 1.807) is 0 Å². The molecule has 6 nitrogen and oxygen atoms in total. The number of hydrogen-bond donors (Lipinski definition) is 1. The van der Waals surface area contributed by atoms with Gasteiger partial charge in [0.1, 0.15) is 11.9 Å². The van der Waals surface area contributed by atoms with Gasteiger partial charge >= 0.3 is 0 Å². The van der Waals surface area contributed by atoms with Gasteiger partial charge < -0.3 is 10.2 Å². The normalized spacial score (nSPS) is 18.6. The predicted octanol–water partition coefficient (Wildman–Crippen LogP) is 4.95. The number of carbonyl (C=O) groups excluding carboxylic acids is 1. The highest BCUT2D eigenvalue weighted by molar-refractivity contribution is 7.89. The molecule has 2 heterocycles. The molecule has 5 rings (SSSR count). The molecule has 1 amide bonds. The zero-order chi connectivity index (χ0) is 25.8. The molecule has 1 atom stereocenters. The highest BCUT2D eigenvalue weighted by Gasteiger charge is 2.39. The molecule has 0 bridgehead atoms. The van der Waals surface area contributed by atoms with Crippen molar-refractivity contribution in [3.05, 3.63) is 84.2 Å². The van der Waals surface area contributed by atoms with Gasteiger partial charge in [0.05, 0.1) is 4.90 Å². The summed E-state index contributed by atoms with van der Waals surface area (Å²) in [5.74, 6) is -0.825. The Bertz CT molecular complexity index is 1340. The third-order valence-electron chi connectivity index (χ3n) is 7.24. The lowest BCUT2D eigenvalue weighted by molar-refractivity contribution is -0.124. The topological polar surface area (TPSA) is 69.7 Å². The molecule has 2 fully saturated rings. The van der Waals surface area contributed by atoms with Gasteiger partial charge in [0.25, 0.3) is 0 Å². The van der Waals surface area contributed by atoms with Gasteiger partial charge in [-0.2, -0.15) is 4.31 Å². The predicted molar refractivity (Wildman–Crippen MR) is 143 cm³/mol. The molecular formula is C29H32FN3O3S. The first-order valence-corrected chi connectivity index (χ1v) is 14.4. The molecule has 2 aliphatic rings. The minimum absolute atomic E-state index is 0.00685. The number of carbonyl (C=O) groups is 1. The third kappa shape index (κ3) is 5.70. The first-order valence-electron chi connectivity index (χ1n) is 12.9. The summed E-state index contributed by atoms with van der Waals surface area (Å²) in [6.07, 6.45) is 4.84. The molecular weight excluding hydrogens is 489 g/mol. The first kappa shape index (κ1) is 25.4. The highest BCUT2D eigenvalue weighted by atomic mass is 32.2. The van der Waals surface area contributed by atoms with E-state index in [4.69, 9.17) is 0 Å². The summed E-state index contributed by atoms with van der Waals surface area (Å²) in [6.45, 7) is 2.79. The number of nitrogens with zero attached hydrogens (tertiary/aromatic N) is 2. The van der Waals surface area contributed by atoms with E-state index in [0.717, 1.165) is 41.9 Å². The maximum Gasteiger partial charge on any atom is 0.243 e. The monoisotopic (exact) mass is 521 g/mol. The Morgan fingerprint density at radius 1 is 0.865 bits per heavy atom. The van der Waals surface area contributed by atoms with Crippen LogP contribution in [0.25, 0.3) is 11.1 Å². The summed E-state index contributed by atoms with van der Waals surface area (Å²) >= 11 is 0. The Morgan fingerprint density at radius 3 is 2.32 bits per heavy atom. The lowest BCUT2D eigenvalue weighted by Crippen LogP contribution is -2.45. The fourth-order valence-corrected chi connectivity index (χ4v) is 6.87. The number of halogens is 1. The number of nitrogens with one attached hydrogen (secondary N) is 1. The smallest absolute Gasteiger partial charge is 0.243 e. The van der Waals surface area contributed by atoms with E-state index in [1.807, 2.05) is 12.1 Å². The van der Waals surface area contributed by atoms with Crippen LogP contribution < -0.4 is 10.2 Å². The van der Waals surface area contributed by atoms with E-state index in [-0.39, 0.29) is 17.3 Å². The minimum Gasteiger partial charge on any atom is -0.372 e. The van der Waals surface area contributed by atoms with Crippen molar-refractivity contribution in [3.8, 4) is 11.1 Å². The van der Waals surface area contributed by atoms with E-state index in [9.17, 15) is 17.6 Å². The SMILES string of the molecule is O=C(NCc1cccc(-c2ccc(N3CCCCC3)cc2)c1)C1CCCN1S(=O)(=O)c1ccc(F)cc1. The van der Waals surface area contributed by atoms with Crippen molar-refractivity contribution in [2.45, 2.75) is 49.6 Å². The van der Waals surface area contributed by atoms with Crippen molar-refractivity contribution in [2.24, 2.45) is 0 Å². The highest BCUT2D eigenvalue weighted by Crippen LogP contribution is 2.28. The van der Waals surface area contributed by atoms with Gasteiger partial charge in [0.2, 0.25) is 15.9 Å². The molecule has 8 heteroatoms. The second-order valence-electron chi connectivity index (χ2n) is 9.74. The van der Waals surface area contributed by atoms with Crippen LogP contribution in [-0.4, -0.2) is 44.3 Å². The molecule has 3 aromatic carbocycles. The second-order valence-corrected chi connectivity index (χ2v) is 11.6. The van der Waals surface area contributed by atoms with Gasteiger partial charge in [0, 0.05) is 31.9 Å². The molecule has 0 saturated carbocycles. The second kappa shape index (κ2) is 11.0. The van der Waals surface area contributed by atoms with Crippen LogP contribution in [0.4, 0.5) is 10.1 Å². The molecule has 37 heavy (non-hydrogen) atoms. The average molecular weight is 522 g/mol. The number of anilines is 1. The van der Waals surface area contributed by atoms with Crippen LogP contribution in [0.15, 0.2) is 77.7 Å². The Hall–Kier alpha value is -3.23. The molecule has 0 aromatic heterocycles. The van der Waals surface area contributed by atoms with Gasteiger partial charge in [-0.05, 0) is 91.3 Å². The number of benzene rings is 3. The Balaban J connectivity index is 1.23. The molecule has 194 valence electrons. The quantitative estimate of drug-likeness (QED) is 0.478. The van der Waals surface area contributed by atoms with Gasteiger partial charge in [0.15, 0.2) is 0 Å². The van der Waals surface area contributed by atoms with Crippen molar-refractivity contribution < 1.29 is 17.6 Å². The summed E-state index contributed by atoms with van der Waals surface area (Å²) in [6, 6.07) is 20.6. The van der Waals surface area contributed by atoms with Gasteiger partial charge in [-0.15, -0.1) is 0 Å². The van der Waals surface area contributed by atoms with E-state index >= 15 is 0 Å². The maximum atomic E-state index is 13.3. The summed E-state index contributed by atoms with van der Waals surface area (Å²) in [5, 5.41) is 2.92.